The van der Waals surface area contributed by atoms with Crippen molar-refractivity contribution in [3.8, 4) is 11.1 Å². The molecular weight excluding hydrogens is 779 g/mol. The van der Waals surface area contributed by atoms with Gasteiger partial charge in [-0.05, 0) is 11.8 Å². The molecule has 3 atom stereocenters. The molecule has 3 rings (SSSR count). The molecule has 1 saturated heterocycles. The third-order valence-corrected chi connectivity index (χ3v) is 10.8. The Morgan fingerprint density at radius 3 is 1.72 bits per heavy atom. The number of nitrogens with zero attached hydrogens (tertiary/aromatic N) is 2. The molecule has 20 heteroatoms. The maximum Gasteiger partial charge on any atom is 0.247 e. The fourth-order valence-electron chi connectivity index (χ4n) is 4.40. The summed E-state index contributed by atoms with van der Waals surface area (Å²) in [6, 6.07) is 0. The molecule has 9 nitrogen and oxygen atoms in total. The van der Waals surface area contributed by atoms with Crippen molar-refractivity contribution in [2.24, 2.45) is 29.0 Å². The van der Waals surface area contributed by atoms with Gasteiger partial charge in [0.2, 0.25) is 24.1 Å². The number of imide groups is 2. The van der Waals surface area contributed by atoms with E-state index in [0.29, 0.717) is 0 Å². The fraction of sp³-hybridized carbons (Fsp3) is 0.515. The van der Waals surface area contributed by atoms with Gasteiger partial charge in [0.1, 0.15) is 16.4 Å². The molecule has 1 aliphatic rings. The summed E-state index contributed by atoms with van der Waals surface area (Å²) in [5.41, 5.74) is 8.71. The zero-order chi connectivity index (χ0) is 41.3. The second-order valence-corrected chi connectivity index (χ2v) is 15.0. The molecule has 4 amide bonds. The minimum atomic E-state index is -2.62. The number of rotatable bonds is 13. The first-order chi connectivity index (χ1) is 24.6. The van der Waals surface area contributed by atoms with E-state index in [4.69, 9.17) is 17.2 Å². The van der Waals surface area contributed by atoms with Crippen LogP contribution < -0.4 is 27.0 Å². The molecule has 2 aromatic carbocycles. The zero-order valence-corrected chi connectivity index (χ0v) is 32.5. The Morgan fingerprint density at radius 1 is 0.887 bits per heavy atom. The standard InChI is InChI=1S/C28H29F8N5O4S3.C3H8.C2H6/c1-9(2)10(3)6-12(43)40(8-42)24-20(33)16(29)14(17(30)21(24)34)15-18(31)22(35)25(23(36)19(15)32)41-13(44)7-11(26(41)45)47-4-5-48-28(38,39)27(37)46;1-3-2;1-2/h8-11,27,46H,4-7,37-39H2,1-3H3;3H2,1-2H3;1-2H3. The molecule has 0 bridgehead atoms. The molecule has 2 aromatic rings. The number of anilines is 2. The van der Waals surface area contributed by atoms with Crippen LogP contribution in [0.1, 0.15) is 67.7 Å². The van der Waals surface area contributed by atoms with Crippen LogP contribution in [0, 0.1) is 58.4 Å². The van der Waals surface area contributed by atoms with Crippen LogP contribution in [-0.4, -0.2) is 51.3 Å². The Morgan fingerprint density at radius 2 is 1.32 bits per heavy atom. The van der Waals surface area contributed by atoms with Gasteiger partial charge in [-0.1, -0.05) is 54.9 Å². The molecule has 0 spiro atoms. The Bertz CT molecular complexity index is 1610. The lowest BCUT2D eigenvalue weighted by Gasteiger charge is -2.27. The van der Waals surface area contributed by atoms with Crippen LogP contribution in [0.25, 0.3) is 11.1 Å². The number of hydrogen-bond acceptors (Lipinski definition) is 10. The van der Waals surface area contributed by atoms with E-state index in [0.717, 1.165) is 23.5 Å². The lowest BCUT2D eigenvalue weighted by atomic mass is 9.94. The first-order valence-corrected chi connectivity index (χ1v) is 18.8. The van der Waals surface area contributed by atoms with Crippen molar-refractivity contribution in [2.45, 2.75) is 83.3 Å². The van der Waals surface area contributed by atoms with Crippen molar-refractivity contribution >= 4 is 71.7 Å². The van der Waals surface area contributed by atoms with Crippen molar-refractivity contribution in [3.63, 3.8) is 0 Å². The number of benzene rings is 2. The van der Waals surface area contributed by atoms with Gasteiger partial charge < -0.3 is 17.2 Å². The molecule has 1 aliphatic heterocycles. The van der Waals surface area contributed by atoms with Crippen LogP contribution in [0.4, 0.5) is 46.5 Å². The first kappa shape index (κ1) is 48.1. The number of hydrogen-bond donors (Lipinski definition) is 4. The van der Waals surface area contributed by atoms with Crippen molar-refractivity contribution in [1.82, 2.24) is 0 Å². The van der Waals surface area contributed by atoms with Crippen LogP contribution >= 0.6 is 36.2 Å². The topological polar surface area (TPSA) is 153 Å². The quantitative estimate of drug-likeness (QED) is 0.0320. The van der Waals surface area contributed by atoms with Crippen molar-refractivity contribution < 1.29 is 54.3 Å². The van der Waals surface area contributed by atoms with Crippen LogP contribution in [0.3, 0.4) is 0 Å². The van der Waals surface area contributed by atoms with Gasteiger partial charge in [0.25, 0.3) is 0 Å². The molecule has 0 aromatic heterocycles. The van der Waals surface area contributed by atoms with Crippen molar-refractivity contribution in [1.29, 1.82) is 0 Å². The third-order valence-electron chi connectivity index (χ3n) is 7.53. The van der Waals surface area contributed by atoms with E-state index in [9.17, 15) is 19.2 Å². The zero-order valence-electron chi connectivity index (χ0n) is 30.0. The minimum Gasteiger partial charge on any atom is -0.316 e. The molecule has 0 radical (unpaired) electrons. The normalized spacial score (nSPS) is 15.5. The number of thiol groups is 1. The summed E-state index contributed by atoms with van der Waals surface area (Å²) in [5.74, 6) is -24.8. The maximum atomic E-state index is 15.3. The summed E-state index contributed by atoms with van der Waals surface area (Å²) in [7, 11) is 0. The Labute approximate surface area is 316 Å². The van der Waals surface area contributed by atoms with Crippen LogP contribution in [-0.2, 0) is 19.2 Å². The van der Waals surface area contributed by atoms with Gasteiger partial charge in [-0.15, -0.1) is 23.5 Å². The maximum absolute atomic E-state index is 15.3. The average molecular weight is 822 g/mol. The summed E-state index contributed by atoms with van der Waals surface area (Å²) in [5, 5.41) is -2.24. The molecular formula is C33H43F8N5O4S3. The highest BCUT2D eigenvalue weighted by Gasteiger charge is 2.45. The van der Waals surface area contributed by atoms with Gasteiger partial charge in [-0.2, -0.15) is 12.6 Å². The number of amides is 4. The second-order valence-electron chi connectivity index (χ2n) is 11.7. The van der Waals surface area contributed by atoms with Gasteiger partial charge in [0.15, 0.2) is 46.5 Å². The molecule has 6 N–H and O–H groups in total. The van der Waals surface area contributed by atoms with Gasteiger partial charge in [0, 0.05) is 24.3 Å². The second kappa shape index (κ2) is 20.7. The highest BCUT2D eigenvalue weighted by atomic mass is 32.2. The van der Waals surface area contributed by atoms with Crippen LogP contribution in [0.5, 0.6) is 0 Å². The molecule has 0 saturated carbocycles. The summed E-state index contributed by atoms with van der Waals surface area (Å²) in [4.78, 5) is 47.7. The van der Waals surface area contributed by atoms with E-state index in [1.165, 1.54) is 13.3 Å². The average Bonchev–Trinajstić information content (AvgIpc) is 3.37. The van der Waals surface area contributed by atoms with E-state index in [-0.39, 0.29) is 27.2 Å². The Kier molecular flexibility index (Phi) is 18.8. The van der Waals surface area contributed by atoms with E-state index in [1.807, 2.05) is 13.8 Å². The van der Waals surface area contributed by atoms with Gasteiger partial charge >= 0.3 is 0 Å². The number of carbonyl (C=O) groups is 4. The third kappa shape index (κ3) is 10.7. The highest BCUT2D eigenvalue weighted by molar-refractivity contribution is 8.04. The van der Waals surface area contributed by atoms with E-state index >= 15 is 35.1 Å². The number of nitrogens with two attached hydrogens (primary N) is 3. The van der Waals surface area contributed by atoms with Crippen LogP contribution in [0.15, 0.2) is 0 Å². The molecule has 3 unspecified atom stereocenters. The summed E-state index contributed by atoms with van der Waals surface area (Å²) >= 11 is 5.68. The van der Waals surface area contributed by atoms with E-state index < -0.39 is 128 Å². The number of carbonyl (C=O) groups excluding carboxylic acids is 4. The van der Waals surface area contributed by atoms with Crippen molar-refractivity contribution in [3.05, 3.63) is 46.5 Å². The van der Waals surface area contributed by atoms with E-state index in [2.05, 4.69) is 26.5 Å². The SMILES string of the molecule is CC.CC(C)C(C)CC(=O)N(C=O)c1c(F)c(F)c(-c2c(F)c(F)c(N3C(=O)CC(SCCSC(N)(N)C(N)S)C3=O)c(F)c2F)c(F)c1F.CCC. The molecule has 1 fully saturated rings. The number of thioether (sulfide) groups is 2. The number of halogens is 8. The predicted octanol–water partition coefficient (Wildman–Crippen LogP) is 6.96. The fourth-order valence-corrected chi connectivity index (χ4v) is 6.66. The largest absolute Gasteiger partial charge is 0.316 e. The lowest BCUT2D eigenvalue weighted by molar-refractivity contribution is -0.123. The summed E-state index contributed by atoms with van der Waals surface area (Å²) in [6.45, 7) is 13.1. The molecule has 0 aliphatic carbocycles. The molecule has 1 heterocycles. The summed E-state index contributed by atoms with van der Waals surface area (Å²) < 4.78 is 122. The summed E-state index contributed by atoms with van der Waals surface area (Å²) in [6.07, 6.45) is -0.384. The molecule has 53 heavy (non-hydrogen) atoms. The molecule has 298 valence electrons. The van der Waals surface area contributed by atoms with Gasteiger partial charge in [-0.25, -0.2) is 44.9 Å². The van der Waals surface area contributed by atoms with Gasteiger partial charge in [-0.3, -0.25) is 19.2 Å². The first-order valence-electron chi connectivity index (χ1n) is 16.3. The predicted molar refractivity (Wildman–Crippen MR) is 195 cm³/mol. The lowest BCUT2D eigenvalue weighted by Crippen LogP contribution is -2.57. The van der Waals surface area contributed by atoms with Crippen molar-refractivity contribution in [2.75, 3.05) is 21.3 Å². The smallest absolute Gasteiger partial charge is 0.247 e. The monoisotopic (exact) mass is 821 g/mol. The van der Waals surface area contributed by atoms with Gasteiger partial charge in [0.05, 0.1) is 21.8 Å². The highest BCUT2D eigenvalue weighted by Crippen LogP contribution is 2.43. The Hall–Kier alpha value is -2.91. The van der Waals surface area contributed by atoms with E-state index in [1.54, 1.807) is 13.8 Å². The minimum absolute atomic E-state index is 0.0843. The Balaban J connectivity index is 0.00000267. The van der Waals surface area contributed by atoms with Crippen LogP contribution in [0.2, 0.25) is 0 Å².